The average molecular weight is 264 g/mol. The van der Waals surface area contributed by atoms with Gasteiger partial charge in [0.2, 0.25) is 0 Å². The maximum atomic E-state index is 4.41. The Morgan fingerprint density at radius 3 is 2.15 bits per heavy atom. The maximum Gasteiger partial charge on any atom is 0.0585 e. The first-order chi connectivity index (χ1) is 9.75. The molecule has 0 amide bonds. The summed E-state index contributed by atoms with van der Waals surface area (Å²) in [6.45, 7) is 5.62. The second-order valence-electron chi connectivity index (χ2n) is 4.84. The predicted molar refractivity (Wildman–Crippen MR) is 87.3 cm³/mol. The molecule has 102 valence electrons. The van der Waals surface area contributed by atoms with Crippen LogP contribution in [-0.2, 0) is 0 Å². The first-order valence-electron chi connectivity index (χ1n) is 6.87. The van der Waals surface area contributed by atoms with E-state index in [0.717, 1.165) is 18.7 Å². The third-order valence-corrected chi connectivity index (χ3v) is 3.09. The summed E-state index contributed by atoms with van der Waals surface area (Å²) in [7, 11) is 0. The Kier molecular flexibility index (Phi) is 5.24. The summed E-state index contributed by atoms with van der Waals surface area (Å²) in [6, 6.07) is 16.6. The highest BCUT2D eigenvalue weighted by Gasteiger charge is 1.91. The molecule has 0 aliphatic carbocycles. The van der Waals surface area contributed by atoms with Gasteiger partial charge in [0, 0.05) is 12.4 Å². The predicted octanol–water partition coefficient (Wildman–Crippen LogP) is 3.84. The van der Waals surface area contributed by atoms with E-state index in [2.05, 4.69) is 60.2 Å². The summed E-state index contributed by atoms with van der Waals surface area (Å²) in [4.78, 5) is 8.80. The summed E-state index contributed by atoms with van der Waals surface area (Å²) in [5.41, 5.74) is 4.83. The van der Waals surface area contributed by atoms with Gasteiger partial charge in [0.15, 0.2) is 0 Å². The fourth-order valence-corrected chi connectivity index (χ4v) is 1.83. The summed E-state index contributed by atoms with van der Waals surface area (Å²) in [6.07, 6.45) is 3.83. The van der Waals surface area contributed by atoms with E-state index >= 15 is 0 Å². The molecule has 20 heavy (non-hydrogen) atoms. The van der Waals surface area contributed by atoms with Gasteiger partial charge in [-0.05, 0) is 30.5 Å². The summed E-state index contributed by atoms with van der Waals surface area (Å²) < 4.78 is 0. The number of hydrogen-bond donors (Lipinski definition) is 0. The lowest BCUT2D eigenvalue weighted by molar-refractivity contribution is 0.984. The van der Waals surface area contributed by atoms with Crippen molar-refractivity contribution in [2.45, 2.75) is 13.8 Å². The topological polar surface area (TPSA) is 24.7 Å². The number of rotatable bonds is 5. The molecular weight excluding hydrogens is 244 g/mol. The van der Waals surface area contributed by atoms with Gasteiger partial charge in [-0.25, -0.2) is 0 Å². The lowest BCUT2D eigenvalue weighted by Gasteiger charge is -1.97. The van der Waals surface area contributed by atoms with Gasteiger partial charge in [-0.15, -0.1) is 0 Å². The van der Waals surface area contributed by atoms with Crippen molar-refractivity contribution in [3.63, 3.8) is 0 Å². The normalized spacial score (nSPS) is 11.5. The zero-order valence-electron chi connectivity index (χ0n) is 12.1. The smallest absolute Gasteiger partial charge is 0.0585 e. The van der Waals surface area contributed by atoms with Crippen LogP contribution in [-0.4, -0.2) is 25.5 Å². The fourth-order valence-electron chi connectivity index (χ4n) is 1.83. The van der Waals surface area contributed by atoms with E-state index in [1.165, 1.54) is 16.7 Å². The van der Waals surface area contributed by atoms with Crippen molar-refractivity contribution < 1.29 is 0 Å². The quantitative estimate of drug-likeness (QED) is 0.579. The minimum Gasteiger partial charge on any atom is -0.291 e. The van der Waals surface area contributed by atoms with Crippen molar-refractivity contribution >= 4 is 12.4 Å². The average Bonchev–Trinajstić information content (AvgIpc) is 2.46. The molecule has 2 aromatic rings. The van der Waals surface area contributed by atoms with E-state index in [-0.39, 0.29) is 0 Å². The van der Waals surface area contributed by atoms with Gasteiger partial charge < -0.3 is 0 Å². The zero-order valence-corrected chi connectivity index (χ0v) is 12.1. The largest absolute Gasteiger partial charge is 0.291 e. The number of aliphatic imine (C=N–C) groups is 2. The Hall–Kier alpha value is -2.22. The van der Waals surface area contributed by atoms with E-state index < -0.39 is 0 Å². The van der Waals surface area contributed by atoms with Crippen LogP contribution in [0, 0.1) is 13.8 Å². The van der Waals surface area contributed by atoms with Crippen molar-refractivity contribution in [1.82, 2.24) is 0 Å². The molecule has 2 heteroatoms. The highest BCUT2D eigenvalue weighted by Crippen LogP contribution is 2.03. The van der Waals surface area contributed by atoms with Crippen LogP contribution in [0.15, 0.2) is 58.5 Å². The van der Waals surface area contributed by atoms with E-state index in [0.29, 0.717) is 0 Å². The summed E-state index contributed by atoms with van der Waals surface area (Å²) in [5, 5.41) is 0. The van der Waals surface area contributed by atoms with E-state index in [9.17, 15) is 0 Å². The Morgan fingerprint density at radius 1 is 0.800 bits per heavy atom. The molecule has 0 bridgehead atoms. The second kappa shape index (κ2) is 7.39. The van der Waals surface area contributed by atoms with Gasteiger partial charge in [-0.1, -0.05) is 54.1 Å². The van der Waals surface area contributed by atoms with Crippen LogP contribution >= 0.6 is 0 Å². The Bertz CT molecular complexity index is 595. The molecule has 0 spiro atoms. The van der Waals surface area contributed by atoms with Crippen molar-refractivity contribution in [3.05, 3.63) is 70.8 Å². The van der Waals surface area contributed by atoms with E-state index in [1.54, 1.807) is 0 Å². The monoisotopic (exact) mass is 264 g/mol. The lowest BCUT2D eigenvalue weighted by Crippen LogP contribution is -1.91. The molecule has 2 nitrogen and oxygen atoms in total. The van der Waals surface area contributed by atoms with Gasteiger partial charge in [0.05, 0.1) is 13.1 Å². The van der Waals surface area contributed by atoms with E-state index in [1.807, 2.05) is 24.6 Å². The molecule has 0 atom stereocenters. The molecule has 0 N–H and O–H groups in total. The Morgan fingerprint density at radius 2 is 1.45 bits per heavy atom. The van der Waals surface area contributed by atoms with Gasteiger partial charge in [0.1, 0.15) is 0 Å². The minimum absolute atomic E-state index is 0.719. The molecule has 0 aromatic heterocycles. The van der Waals surface area contributed by atoms with Crippen molar-refractivity contribution in [3.8, 4) is 0 Å². The molecule has 0 aliphatic heterocycles. The molecule has 0 saturated carbocycles. The van der Waals surface area contributed by atoms with Crippen LogP contribution in [0.25, 0.3) is 0 Å². The molecular formula is C18H20N2. The van der Waals surface area contributed by atoms with Crippen LogP contribution in [0.4, 0.5) is 0 Å². The molecule has 0 aliphatic rings. The highest BCUT2D eigenvalue weighted by atomic mass is 14.8. The van der Waals surface area contributed by atoms with Crippen LogP contribution in [0.5, 0.6) is 0 Å². The van der Waals surface area contributed by atoms with Gasteiger partial charge >= 0.3 is 0 Å². The summed E-state index contributed by atoms with van der Waals surface area (Å²) in [5.74, 6) is 0. The molecule has 2 aromatic carbocycles. The number of hydrogen-bond acceptors (Lipinski definition) is 2. The number of aryl methyl sites for hydroxylation is 2. The first kappa shape index (κ1) is 14.2. The molecule has 0 radical (unpaired) electrons. The van der Waals surface area contributed by atoms with Crippen LogP contribution in [0.3, 0.4) is 0 Å². The van der Waals surface area contributed by atoms with Crippen molar-refractivity contribution in [2.75, 3.05) is 13.1 Å². The highest BCUT2D eigenvalue weighted by molar-refractivity contribution is 5.81. The van der Waals surface area contributed by atoms with Crippen molar-refractivity contribution in [2.24, 2.45) is 9.98 Å². The number of benzene rings is 2. The Balaban J connectivity index is 1.79. The standard InChI is InChI=1S/C18H20N2/c1-15-7-9-17(10-8-15)13-19-11-12-20-14-18-6-4-3-5-16(18)2/h3-10,13-14H,11-12H2,1-2H3. The van der Waals surface area contributed by atoms with Crippen molar-refractivity contribution in [1.29, 1.82) is 0 Å². The maximum absolute atomic E-state index is 4.41. The number of nitrogens with zero attached hydrogens (tertiary/aromatic N) is 2. The van der Waals surface area contributed by atoms with Crippen LogP contribution in [0.2, 0.25) is 0 Å². The Labute approximate surface area is 120 Å². The van der Waals surface area contributed by atoms with Gasteiger partial charge in [-0.3, -0.25) is 9.98 Å². The summed E-state index contributed by atoms with van der Waals surface area (Å²) >= 11 is 0. The first-order valence-corrected chi connectivity index (χ1v) is 6.87. The van der Waals surface area contributed by atoms with Crippen LogP contribution in [0.1, 0.15) is 22.3 Å². The molecule has 2 rings (SSSR count). The molecule has 0 heterocycles. The van der Waals surface area contributed by atoms with Gasteiger partial charge in [-0.2, -0.15) is 0 Å². The van der Waals surface area contributed by atoms with Crippen LogP contribution < -0.4 is 0 Å². The SMILES string of the molecule is Cc1ccc(C=NCCN=Cc2ccccc2C)cc1. The molecule has 0 saturated heterocycles. The van der Waals surface area contributed by atoms with Gasteiger partial charge in [0.25, 0.3) is 0 Å². The zero-order chi connectivity index (χ0) is 14.2. The van der Waals surface area contributed by atoms with E-state index in [4.69, 9.17) is 0 Å². The molecule has 0 unspecified atom stereocenters. The second-order valence-corrected chi connectivity index (χ2v) is 4.84. The third kappa shape index (κ3) is 4.47. The molecule has 0 fully saturated rings. The lowest BCUT2D eigenvalue weighted by atomic mass is 10.1. The minimum atomic E-state index is 0.719. The fraction of sp³-hybridized carbons (Fsp3) is 0.222. The third-order valence-electron chi connectivity index (χ3n) is 3.09.